The SMILES string of the molecule is C=C(CC)CCNCCOC. The van der Waals surface area contributed by atoms with Crippen LogP contribution in [-0.2, 0) is 4.74 Å². The van der Waals surface area contributed by atoms with Gasteiger partial charge in [0.15, 0.2) is 0 Å². The second-order valence-electron chi connectivity index (χ2n) is 2.60. The van der Waals surface area contributed by atoms with Crippen LogP contribution in [0.2, 0.25) is 0 Å². The maximum atomic E-state index is 4.89. The van der Waals surface area contributed by atoms with Gasteiger partial charge in [0.1, 0.15) is 0 Å². The van der Waals surface area contributed by atoms with Crippen LogP contribution in [0, 0.1) is 0 Å². The lowest BCUT2D eigenvalue weighted by molar-refractivity contribution is 0.199. The number of ether oxygens (including phenoxy) is 1. The van der Waals surface area contributed by atoms with E-state index in [1.807, 2.05) is 0 Å². The van der Waals surface area contributed by atoms with Crippen LogP contribution in [0.1, 0.15) is 19.8 Å². The summed E-state index contributed by atoms with van der Waals surface area (Å²) in [5.41, 5.74) is 1.31. The highest BCUT2D eigenvalue weighted by Crippen LogP contribution is 1.99. The Balaban J connectivity index is 2.95. The molecule has 0 aliphatic heterocycles. The van der Waals surface area contributed by atoms with Gasteiger partial charge in [-0.05, 0) is 19.4 Å². The van der Waals surface area contributed by atoms with E-state index in [0.29, 0.717) is 0 Å². The van der Waals surface area contributed by atoms with E-state index in [0.717, 1.165) is 32.5 Å². The first-order chi connectivity index (χ1) is 5.31. The second-order valence-corrected chi connectivity index (χ2v) is 2.60. The molecule has 0 fully saturated rings. The Morgan fingerprint density at radius 1 is 1.45 bits per heavy atom. The van der Waals surface area contributed by atoms with Crippen molar-refractivity contribution in [2.75, 3.05) is 26.8 Å². The smallest absolute Gasteiger partial charge is 0.0587 e. The molecule has 0 aromatic carbocycles. The van der Waals surface area contributed by atoms with Gasteiger partial charge in [0.05, 0.1) is 6.61 Å². The predicted molar refractivity (Wildman–Crippen MR) is 48.8 cm³/mol. The number of nitrogens with one attached hydrogen (secondary N) is 1. The molecular formula is C9H19NO. The Labute approximate surface area is 69.6 Å². The summed E-state index contributed by atoms with van der Waals surface area (Å²) in [4.78, 5) is 0. The zero-order valence-electron chi connectivity index (χ0n) is 7.65. The van der Waals surface area contributed by atoms with E-state index < -0.39 is 0 Å². The average Bonchev–Trinajstić information content (AvgIpc) is 2.04. The minimum atomic E-state index is 0.790. The monoisotopic (exact) mass is 157 g/mol. The molecule has 0 radical (unpaired) electrons. The van der Waals surface area contributed by atoms with Gasteiger partial charge in [-0.1, -0.05) is 19.1 Å². The summed E-state index contributed by atoms with van der Waals surface area (Å²) in [6, 6.07) is 0. The van der Waals surface area contributed by atoms with Gasteiger partial charge < -0.3 is 10.1 Å². The highest BCUT2D eigenvalue weighted by atomic mass is 16.5. The fourth-order valence-electron chi connectivity index (χ4n) is 0.741. The molecule has 0 amide bonds. The fraction of sp³-hybridized carbons (Fsp3) is 0.778. The highest BCUT2D eigenvalue weighted by Gasteiger charge is 1.89. The maximum Gasteiger partial charge on any atom is 0.0587 e. The van der Waals surface area contributed by atoms with Gasteiger partial charge in [0, 0.05) is 13.7 Å². The van der Waals surface area contributed by atoms with E-state index in [-0.39, 0.29) is 0 Å². The van der Waals surface area contributed by atoms with Crippen molar-refractivity contribution < 1.29 is 4.74 Å². The van der Waals surface area contributed by atoms with Crippen molar-refractivity contribution in [3.05, 3.63) is 12.2 Å². The molecule has 0 unspecified atom stereocenters. The van der Waals surface area contributed by atoms with Crippen molar-refractivity contribution >= 4 is 0 Å². The van der Waals surface area contributed by atoms with E-state index >= 15 is 0 Å². The number of rotatable bonds is 7. The first kappa shape index (κ1) is 10.7. The minimum absolute atomic E-state index is 0.790. The molecule has 66 valence electrons. The standard InChI is InChI=1S/C9H19NO/c1-4-9(2)5-6-10-7-8-11-3/h10H,2,4-8H2,1,3H3. The topological polar surface area (TPSA) is 21.3 Å². The van der Waals surface area contributed by atoms with Crippen LogP contribution in [0.5, 0.6) is 0 Å². The van der Waals surface area contributed by atoms with Crippen molar-refractivity contribution in [1.29, 1.82) is 0 Å². The Morgan fingerprint density at radius 3 is 2.73 bits per heavy atom. The molecule has 0 saturated heterocycles. The third-order valence-electron chi connectivity index (χ3n) is 1.64. The Morgan fingerprint density at radius 2 is 2.18 bits per heavy atom. The lowest BCUT2D eigenvalue weighted by atomic mass is 10.2. The van der Waals surface area contributed by atoms with E-state index in [9.17, 15) is 0 Å². The molecule has 0 aliphatic rings. The van der Waals surface area contributed by atoms with Gasteiger partial charge in [-0.15, -0.1) is 0 Å². The van der Waals surface area contributed by atoms with Gasteiger partial charge in [0.25, 0.3) is 0 Å². The summed E-state index contributed by atoms with van der Waals surface area (Å²) in [7, 11) is 1.71. The molecule has 2 heteroatoms. The summed E-state index contributed by atoms with van der Waals surface area (Å²) >= 11 is 0. The molecule has 0 aromatic heterocycles. The van der Waals surface area contributed by atoms with Gasteiger partial charge in [-0.2, -0.15) is 0 Å². The molecule has 0 aromatic rings. The van der Waals surface area contributed by atoms with E-state index in [1.54, 1.807) is 7.11 Å². The molecule has 2 nitrogen and oxygen atoms in total. The Kier molecular flexibility index (Phi) is 7.52. The molecular weight excluding hydrogens is 138 g/mol. The fourth-order valence-corrected chi connectivity index (χ4v) is 0.741. The summed E-state index contributed by atoms with van der Waals surface area (Å²) in [6.07, 6.45) is 2.17. The quantitative estimate of drug-likeness (QED) is 0.447. The van der Waals surface area contributed by atoms with Crippen molar-refractivity contribution in [2.45, 2.75) is 19.8 Å². The lowest BCUT2D eigenvalue weighted by Crippen LogP contribution is -2.20. The zero-order chi connectivity index (χ0) is 8.53. The normalized spacial score (nSPS) is 10.0. The summed E-state index contributed by atoms with van der Waals surface area (Å²) < 4.78 is 4.89. The van der Waals surface area contributed by atoms with Crippen LogP contribution in [0.25, 0.3) is 0 Å². The van der Waals surface area contributed by atoms with E-state index in [4.69, 9.17) is 4.74 Å². The van der Waals surface area contributed by atoms with Crippen LogP contribution >= 0.6 is 0 Å². The predicted octanol–water partition coefficient (Wildman–Crippen LogP) is 1.58. The van der Waals surface area contributed by atoms with Crippen molar-refractivity contribution in [3.8, 4) is 0 Å². The average molecular weight is 157 g/mol. The summed E-state index contributed by atoms with van der Waals surface area (Å²) in [5.74, 6) is 0. The van der Waals surface area contributed by atoms with Gasteiger partial charge in [-0.25, -0.2) is 0 Å². The van der Waals surface area contributed by atoms with Crippen LogP contribution in [-0.4, -0.2) is 26.8 Å². The number of hydrogen-bond acceptors (Lipinski definition) is 2. The first-order valence-electron chi connectivity index (χ1n) is 4.17. The van der Waals surface area contributed by atoms with Crippen LogP contribution < -0.4 is 5.32 Å². The molecule has 11 heavy (non-hydrogen) atoms. The van der Waals surface area contributed by atoms with Crippen LogP contribution in [0.3, 0.4) is 0 Å². The van der Waals surface area contributed by atoms with Gasteiger partial charge in [-0.3, -0.25) is 0 Å². The van der Waals surface area contributed by atoms with Crippen molar-refractivity contribution in [2.24, 2.45) is 0 Å². The summed E-state index contributed by atoms with van der Waals surface area (Å²) in [5, 5.41) is 3.27. The van der Waals surface area contributed by atoms with E-state index in [1.165, 1.54) is 5.57 Å². The molecule has 1 N–H and O–H groups in total. The lowest BCUT2D eigenvalue weighted by Gasteiger charge is -2.04. The second kappa shape index (κ2) is 7.76. The van der Waals surface area contributed by atoms with Crippen LogP contribution in [0.4, 0.5) is 0 Å². The highest BCUT2D eigenvalue weighted by molar-refractivity contribution is 4.92. The van der Waals surface area contributed by atoms with E-state index in [2.05, 4.69) is 18.8 Å². The molecule has 0 saturated carbocycles. The van der Waals surface area contributed by atoms with Crippen molar-refractivity contribution in [3.63, 3.8) is 0 Å². The molecule has 0 rings (SSSR count). The zero-order valence-corrected chi connectivity index (χ0v) is 7.65. The summed E-state index contributed by atoms with van der Waals surface area (Å²) in [6.45, 7) is 8.81. The molecule has 0 aliphatic carbocycles. The Bertz CT molecular complexity index is 102. The van der Waals surface area contributed by atoms with Crippen molar-refractivity contribution in [1.82, 2.24) is 5.32 Å². The maximum absolute atomic E-state index is 4.89. The Hall–Kier alpha value is -0.340. The molecule has 0 bridgehead atoms. The molecule has 0 heterocycles. The first-order valence-corrected chi connectivity index (χ1v) is 4.17. The third-order valence-corrected chi connectivity index (χ3v) is 1.64. The van der Waals surface area contributed by atoms with Gasteiger partial charge >= 0.3 is 0 Å². The molecule has 0 atom stereocenters. The minimum Gasteiger partial charge on any atom is -0.383 e. The number of methoxy groups -OCH3 is 1. The number of hydrogen-bond donors (Lipinski definition) is 1. The molecule has 0 spiro atoms. The van der Waals surface area contributed by atoms with Crippen LogP contribution in [0.15, 0.2) is 12.2 Å². The third kappa shape index (κ3) is 7.56. The largest absolute Gasteiger partial charge is 0.383 e. The van der Waals surface area contributed by atoms with Gasteiger partial charge in [0.2, 0.25) is 0 Å².